The Balaban J connectivity index is 1.92. The average molecular weight is 282 g/mol. The third-order valence-corrected chi connectivity index (χ3v) is 6.15. The molecule has 1 aromatic rings. The van der Waals surface area contributed by atoms with Crippen molar-refractivity contribution < 1.29 is 13.2 Å². The summed E-state index contributed by atoms with van der Waals surface area (Å²) in [5.41, 5.74) is 0. The molecular weight excluding hydrogens is 264 g/mol. The summed E-state index contributed by atoms with van der Waals surface area (Å²) < 4.78 is 32.5. The van der Waals surface area contributed by atoms with Crippen LogP contribution in [0.4, 0.5) is 0 Å². The second-order valence-electron chi connectivity index (χ2n) is 5.24. The summed E-state index contributed by atoms with van der Waals surface area (Å²) in [5, 5.41) is 0. The molecule has 0 saturated carbocycles. The second kappa shape index (κ2) is 4.85. The van der Waals surface area contributed by atoms with Gasteiger partial charge < -0.3 is 4.74 Å². The molecule has 6 heteroatoms. The van der Waals surface area contributed by atoms with E-state index >= 15 is 0 Å². The number of pyridine rings is 1. The van der Waals surface area contributed by atoms with E-state index in [1.54, 1.807) is 29.7 Å². The van der Waals surface area contributed by atoms with E-state index in [9.17, 15) is 8.42 Å². The minimum atomic E-state index is -3.41. The number of aromatic nitrogens is 1. The van der Waals surface area contributed by atoms with Crippen molar-refractivity contribution in [3.63, 3.8) is 0 Å². The number of nitrogens with zero attached hydrogens (tertiary/aromatic N) is 2. The van der Waals surface area contributed by atoms with Crippen molar-refractivity contribution in [2.75, 3.05) is 7.11 Å². The number of rotatable bonds is 3. The first-order valence-electron chi connectivity index (χ1n) is 6.59. The van der Waals surface area contributed by atoms with Crippen LogP contribution in [0.5, 0.6) is 0 Å². The van der Waals surface area contributed by atoms with Gasteiger partial charge in [-0.1, -0.05) is 0 Å². The number of methoxy groups -OCH3 is 1. The summed E-state index contributed by atoms with van der Waals surface area (Å²) in [6, 6.07) is 3.43. The van der Waals surface area contributed by atoms with Crippen LogP contribution in [0.15, 0.2) is 29.4 Å². The van der Waals surface area contributed by atoms with Gasteiger partial charge in [0.05, 0.1) is 6.10 Å². The van der Waals surface area contributed by atoms with Crippen LogP contribution in [0, 0.1) is 0 Å². The van der Waals surface area contributed by atoms with Gasteiger partial charge in [-0.15, -0.1) is 0 Å². The fourth-order valence-corrected chi connectivity index (χ4v) is 5.15. The molecule has 19 heavy (non-hydrogen) atoms. The van der Waals surface area contributed by atoms with E-state index in [0.717, 1.165) is 25.7 Å². The molecule has 0 amide bonds. The summed E-state index contributed by atoms with van der Waals surface area (Å²) in [7, 11) is -1.71. The molecule has 2 fully saturated rings. The van der Waals surface area contributed by atoms with Crippen molar-refractivity contribution in [2.45, 2.75) is 48.8 Å². The van der Waals surface area contributed by atoms with E-state index in [1.807, 2.05) is 0 Å². The fraction of sp³-hybridized carbons (Fsp3) is 0.615. The van der Waals surface area contributed by atoms with Gasteiger partial charge in [0.1, 0.15) is 4.90 Å². The van der Waals surface area contributed by atoms with Crippen LogP contribution >= 0.6 is 0 Å². The summed E-state index contributed by atoms with van der Waals surface area (Å²) >= 11 is 0. The molecule has 0 N–H and O–H groups in total. The number of ether oxygens (including phenoxy) is 1. The van der Waals surface area contributed by atoms with Crippen LogP contribution in [0.1, 0.15) is 25.7 Å². The molecule has 3 heterocycles. The number of piperidine rings is 1. The van der Waals surface area contributed by atoms with Crippen LogP contribution in [0.25, 0.3) is 0 Å². The van der Waals surface area contributed by atoms with Gasteiger partial charge in [-0.3, -0.25) is 4.98 Å². The maximum Gasteiger partial charge on any atom is 0.245 e. The fourth-order valence-electron chi connectivity index (χ4n) is 3.29. The normalized spacial score (nSPS) is 31.5. The highest BCUT2D eigenvalue weighted by Gasteiger charge is 2.47. The lowest BCUT2D eigenvalue weighted by Crippen LogP contribution is -2.48. The highest BCUT2D eigenvalue weighted by Crippen LogP contribution is 2.40. The molecule has 0 aromatic carbocycles. The number of hydrogen-bond donors (Lipinski definition) is 0. The summed E-state index contributed by atoms with van der Waals surface area (Å²) in [6.07, 6.45) is 6.67. The highest BCUT2D eigenvalue weighted by molar-refractivity contribution is 7.89. The smallest absolute Gasteiger partial charge is 0.245 e. The maximum absolute atomic E-state index is 12.7. The van der Waals surface area contributed by atoms with Gasteiger partial charge in [0, 0.05) is 31.6 Å². The molecule has 1 aromatic heterocycles. The molecule has 5 nitrogen and oxygen atoms in total. The molecular formula is C13H18N2O3S. The van der Waals surface area contributed by atoms with Crippen molar-refractivity contribution in [1.29, 1.82) is 0 Å². The van der Waals surface area contributed by atoms with Gasteiger partial charge in [-0.25, -0.2) is 8.42 Å². The molecule has 2 saturated heterocycles. The molecule has 104 valence electrons. The number of hydrogen-bond acceptors (Lipinski definition) is 4. The third-order valence-electron chi connectivity index (χ3n) is 4.17. The molecule has 2 aliphatic heterocycles. The Kier molecular flexibility index (Phi) is 3.32. The molecule has 2 atom stereocenters. The number of fused-ring (bicyclic) bond motifs is 2. The van der Waals surface area contributed by atoms with E-state index in [-0.39, 0.29) is 18.2 Å². The lowest BCUT2D eigenvalue weighted by Gasteiger charge is -2.37. The Morgan fingerprint density at radius 3 is 2.53 bits per heavy atom. The van der Waals surface area contributed by atoms with Crippen LogP contribution < -0.4 is 0 Å². The lowest BCUT2D eigenvalue weighted by molar-refractivity contribution is 0.0349. The summed E-state index contributed by atoms with van der Waals surface area (Å²) in [6.45, 7) is 0. The molecule has 2 bridgehead atoms. The predicted molar refractivity (Wildman–Crippen MR) is 70.1 cm³/mol. The number of sulfonamides is 1. The van der Waals surface area contributed by atoms with E-state index in [2.05, 4.69) is 4.98 Å². The zero-order valence-corrected chi connectivity index (χ0v) is 11.7. The van der Waals surface area contributed by atoms with Crippen LogP contribution in [-0.2, 0) is 14.8 Å². The van der Waals surface area contributed by atoms with Gasteiger partial charge in [0.25, 0.3) is 0 Å². The Hall–Kier alpha value is -0.980. The van der Waals surface area contributed by atoms with E-state index < -0.39 is 10.0 Å². The van der Waals surface area contributed by atoms with Gasteiger partial charge >= 0.3 is 0 Å². The lowest BCUT2D eigenvalue weighted by atomic mass is 10.0. The van der Waals surface area contributed by atoms with E-state index in [4.69, 9.17) is 4.74 Å². The van der Waals surface area contributed by atoms with Crippen molar-refractivity contribution in [1.82, 2.24) is 9.29 Å². The molecule has 0 spiro atoms. The largest absolute Gasteiger partial charge is 0.381 e. The van der Waals surface area contributed by atoms with Crippen LogP contribution in [0.3, 0.4) is 0 Å². The monoisotopic (exact) mass is 282 g/mol. The van der Waals surface area contributed by atoms with Crippen LogP contribution in [0.2, 0.25) is 0 Å². The van der Waals surface area contributed by atoms with Gasteiger partial charge in [-0.05, 0) is 37.8 Å². The molecule has 0 radical (unpaired) electrons. The Morgan fingerprint density at radius 2 is 2.00 bits per heavy atom. The standard InChI is InChI=1S/C13H18N2O3S/c1-18-12-7-10-4-5-11(8-12)15(10)19(16,17)13-3-2-6-14-9-13/h2-3,6,9-12H,4-5,7-8H2,1H3. The molecule has 3 rings (SSSR count). The summed E-state index contributed by atoms with van der Waals surface area (Å²) in [4.78, 5) is 4.21. The molecule has 2 aliphatic rings. The predicted octanol–water partition coefficient (Wildman–Crippen LogP) is 1.41. The Bertz CT molecular complexity index is 532. The van der Waals surface area contributed by atoms with Crippen molar-refractivity contribution in [2.24, 2.45) is 0 Å². The zero-order valence-electron chi connectivity index (χ0n) is 10.9. The van der Waals surface area contributed by atoms with Gasteiger partial charge in [0.15, 0.2) is 0 Å². The van der Waals surface area contributed by atoms with Gasteiger partial charge in [0.2, 0.25) is 10.0 Å². The molecule has 2 unspecified atom stereocenters. The van der Waals surface area contributed by atoms with E-state index in [0.29, 0.717) is 4.90 Å². The maximum atomic E-state index is 12.7. The first kappa shape index (κ1) is 13.0. The van der Waals surface area contributed by atoms with Gasteiger partial charge in [-0.2, -0.15) is 4.31 Å². The quantitative estimate of drug-likeness (QED) is 0.841. The first-order chi connectivity index (χ1) is 9.13. The second-order valence-corrected chi connectivity index (χ2v) is 7.08. The van der Waals surface area contributed by atoms with Crippen molar-refractivity contribution in [3.8, 4) is 0 Å². The zero-order chi connectivity index (χ0) is 13.5. The SMILES string of the molecule is COC1CC2CCC(C1)N2S(=O)(=O)c1cccnc1. The minimum absolute atomic E-state index is 0.0777. The van der Waals surface area contributed by atoms with Crippen LogP contribution in [-0.4, -0.2) is 43.0 Å². The van der Waals surface area contributed by atoms with Crippen molar-refractivity contribution in [3.05, 3.63) is 24.5 Å². The Morgan fingerprint density at radius 1 is 1.32 bits per heavy atom. The van der Waals surface area contributed by atoms with E-state index in [1.165, 1.54) is 6.20 Å². The average Bonchev–Trinajstić information content (AvgIpc) is 2.72. The molecule has 0 aliphatic carbocycles. The minimum Gasteiger partial charge on any atom is -0.381 e. The summed E-state index contributed by atoms with van der Waals surface area (Å²) in [5.74, 6) is 0. The first-order valence-corrected chi connectivity index (χ1v) is 8.03. The third kappa shape index (κ3) is 2.17. The topological polar surface area (TPSA) is 59.5 Å². The highest BCUT2D eigenvalue weighted by atomic mass is 32.2. The van der Waals surface area contributed by atoms with Crippen molar-refractivity contribution >= 4 is 10.0 Å². The Labute approximate surface area is 113 Å².